The van der Waals surface area contributed by atoms with Crippen molar-refractivity contribution in [2.24, 2.45) is 5.10 Å². The number of nitrogens with one attached hydrogen (secondary N) is 1. The van der Waals surface area contributed by atoms with Crippen molar-refractivity contribution in [1.29, 1.82) is 0 Å². The molecule has 2 aromatic carbocycles. The van der Waals surface area contributed by atoms with Gasteiger partial charge in [0.1, 0.15) is 12.1 Å². The van der Waals surface area contributed by atoms with Crippen LogP contribution in [0.5, 0.6) is 0 Å². The van der Waals surface area contributed by atoms with Gasteiger partial charge in [-0.05, 0) is 34.2 Å². The minimum Gasteiger partial charge on any atom is -0.324 e. The molecule has 0 spiro atoms. The van der Waals surface area contributed by atoms with E-state index in [9.17, 15) is 14.0 Å². The van der Waals surface area contributed by atoms with Gasteiger partial charge in [0.2, 0.25) is 11.8 Å². The summed E-state index contributed by atoms with van der Waals surface area (Å²) in [5.41, 5.74) is 2.30. The van der Waals surface area contributed by atoms with Gasteiger partial charge >= 0.3 is 0 Å². The molecule has 152 valence electrons. The number of halogens is 1. The maximum absolute atomic E-state index is 14.1. The Morgan fingerprint density at radius 1 is 1.10 bits per heavy atom. The number of aromatic nitrogens is 4. The molecule has 0 unspecified atom stereocenters. The van der Waals surface area contributed by atoms with Crippen molar-refractivity contribution in [2.45, 2.75) is 19.3 Å². The summed E-state index contributed by atoms with van der Waals surface area (Å²) in [6.07, 6.45) is 1.92. The monoisotopic (exact) mass is 407 g/mol. The maximum Gasteiger partial charge on any atom is 0.243 e. The molecule has 9 nitrogen and oxygen atoms in total. The number of hydrazone groups is 1. The van der Waals surface area contributed by atoms with Crippen LogP contribution in [0.25, 0.3) is 5.69 Å². The van der Waals surface area contributed by atoms with Crippen LogP contribution < -0.4 is 5.32 Å². The van der Waals surface area contributed by atoms with Crippen LogP contribution >= 0.6 is 0 Å². The Labute approximate surface area is 171 Å². The van der Waals surface area contributed by atoms with Crippen molar-refractivity contribution in [3.8, 4) is 5.69 Å². The lowest BCUT2D eigenvalue weighted by atomic mass is 10.1. The van der Waals surface area contributed by atoms with Crippen LogP contribution in [0.4, 0.5) is 10.1 Å². The molecule has 10 heteroatoms. The molecule has 0 radical (unpaired) electrons. The van der Waals surface area contributed by atoms with Crippen molar-refractivity contribution >= 4 is 23.2 Å². The van der Waals surface area contributed by atoms with E-state index in [1.165, 1.54) is 34.2 Å². The van der Waals surface area contributed by atoms with E-state index in [0.29, 0.717) is 18.7 Å². The molecule has 0 saturated carbocycles. The van der Waals surface area contributed by atoms with E-state index >= 15 is 0 Å². The molecule has 4 rings (SSSR count). The van der Waals surface area contributed by atoms with Crippen molar-refractivity contribution in [3.63, 3.8) is 0 Å². The number of carbonyl (C=O) groups excluding carboxylic acids is 2. The highest BCUT2D eigenvalue weighted by atomic mass is 19.1. The summed E-state index contributed by atoms with van der Waals surface area (Å²) in [6, 6.07) is 13.8. The van der Waals surface area contributed by atoms with Gasteiger partial charge in [-0.15, -0.1) is 5.10 Å². The molecule has 0 atom stereocenters. The van der Waals surface area contributed by atoms with Crippen molar-refractivity contribution < 1.29 is 14.0 Å². The Bertz CT molecular complexity index is 1080. The zero-order chi connectivity index (χ0) is 20.9. The highest BCUT2D eigenvalue weighted by Gasteiger charge is 2.22. The number of rotatable bonds is 6. The van der Waals surface area contributed by atoms with E-state index in [2.05, 4.69) is 25.9 Å². The lowest BCUT2D eigenvalue weighted by molar-refractivity contribution is -0.132. The molecule has 0 aliphatic carbocycles. The topological polar surface area (TPSA) is 105 Å². The number of nitrogens with zero attached hydrogens (tertiary/aromatic N) is 6. The van der Waals surface area contributed by atoms with Crippen molar-refractivity contribution in [3.05, 3.63) is 66.2 Å². The van der Waals surface area contributed by atoms with Gasteiger partial charge in [0.05, 0.1) is 23.6 Å². The summed E-state index contributed by atoms with van der Waals surface area (Å²) in [5.74, 6) is -1.32. The van der Waals surface area contributed by atoms with Crippen LogP contribution in [0.2, 0.25) is 0 Å². The molecular formula is C20H18FN7O2. The zero-order valence-electron chi connectivity index (χ0n) is 15.9. The summed E-state index contributed by atoms with van der Waals surface area (Å²) in [5, 5.41) is 19.0. The Morgan fingerprint density at radius 3 is 2.70 bits per heavy atom. The second-order valence-corrected chi connectivity index (χ2v) is 6.65. The summed E-state index contributed by atoms with van der Waals surface area (Å²) in [7, 11) is 0. The number of amides is 2. The predicted molar refractivity (Wildman–Crippen MR) is 106 cm³/mol. The highest BCUT2D eigenvalue weighted by Crippen LogP contribution is 2.19. The minimum atomic E-state index is -0.594. The van der Waals surface area contributed by atoms with E-state index in [1.54, 1.807) is 0 Å². The average molecular weight is 407 g/mol. The van der Waals surface area contributed by atoms with Crippen LogP contribution in [-0.2, 0) is 9.59 Å². The van der Waals surface area contributed by atoms with Gasteiger partial charge in [0, 0.05) is 19.3 Å². The lowest BCUT2D eigenvalue weighted by Gasteiger charge is -2.12. The Morgan fingerprint density at radius 2 is 1.93 bits per heavy atom. The number of hydrogen-bond donors (Lipinski definition) is 1. The second kappa shape index (κ2) is 8.60. The number of benzene rings is 2. The summed E-state index contributed by atoms with van der Waals surface area (Å²) in [4.78, 5) is 24.6. The van der Waals surface area contributed by atoms with Crippen LogP contribution in [0.1, 0.15) is 24.8 Å². The standard InChI is InChI=1S/C20H18FN7O2/c21-16-7-6-15(28-13-22-25-26-28)12-18(16)23-19(29)8-9-20(30)27-11-10-17(24-27)14-4-2-1-3-5-14/h1-7,12-13H,8-11H2,(H,23,29). The van der Waals surface area contributed by atoms with Gasteiger partial charge < -0.3 is 5.32 Å². The first-order valence-electron chi connectivity index (χ1n) is 9.36. The van der Waals surface area contributed by atoms with Crippen LogP contribution in [0.15, 0.2) is 60.0 Å². The molecular weight excluding hydrogens is 389 g/mol. The average Bonchev–Trinajstić information content (AvgIpc) is 3.47. The highest BCUT2D eigenvalue weighted by molar-refractivity contribution is 6.02. The van der Waals surface area contributed by atoms with E-state index < -0.39 is 11.7 Å². The van der Waals surface area contributed by atoms with E-state index in [1.807, 2.05) is 30.3 Å². The molecule has 1 aromatic heterocycles. The molecule has 3 aromatic rings. The van der Waals surface area contributed by atoms with Gasteiger partial charge in [-0.2, -0.15) is 5.10 Å². The van der Waals surface area contributed by atoms with Crippen molar-refractivity contribution in [1.82, 2.24) is 25.2 Å². The fraction of sp³-hybridized carbons (Fsp3) is 0.200. The van der Waals surface area contributed by atoms with Crippen LogP contribution in [-0.4, -0.2) is 49.3 Å². The first kappa shape index (κ1) is 19.4. The maximum atomic E-state index is 14.1. The number of anilines is 1. The normalized spacial score (nSPS) is 13.2. The van der Waals surface area contributed by atoms with E-state index in [-0.39, 0.29) is 24.4 Å². The van der Waals surface area contributed by atoms with E-state index in [4.69, 9.17) is 0 Å². The van der Waals surface area contributed by atoms with E-state index in [0.717, 1.165) is 11.3 Å². The molecule has 1 aliphatic rings. The Kier molecular flexibility index (Phi) is 5.55. The smallest absolute Gasteiger partial charge is 0.243 e. The fourth-order valence-corrected chi connectivity index (χ4v) is 3.06. The van der Waals surface area contributed by atoms with Gasteiger partial charge in [-0.25, -0.2) is 14.1 Å². The molecule has 0 saturated heterocycles. The minimum absolute atomic E-state index is 0.00833. The summed E-state index contributed by atoms with van der Waals surface area (Å²) >= 11 is 0. The Balaban J connectivity index is 1.34. The predicted octanol–water partition coefficient (Wildman–Crippen LogP) is 2.16. The Hall–Kier alpha value is -3.95. The molecule has 2 heterocycles. The van der Waals surface area contributed by atoms with Crippen molar-refractivity contribution in [2.75, 3.05) is 11.9 Å². The quantitative estimate of drug-likeness (QED) is 0.674. The van der Waals surface area contributed by atoms with Crippen LogP contribution in [0.3, 0.4) is 0 Å². The first-order chi connectivity index (χ1) is 14.6. The zero-order valence-corrected chi connectivity index (χ0v) is 15.9. The molecule has 30 heavy (non-hydrogen) atoms. The molecule has 1 aliphatic heterocycles. The third-order valence-electron chi connectivity index (χ3n) is 4.60. The van der Waals surface area contributed by atoms with Gasteiger partial charge in [0.15, 0.2) is 0 Å². The van der Waals surface area contributed by atoms with Crippen LogP contribution in [0, 0.1) is 5.82 Å². The second-order valence-electron chi connectivity index (χ2n) is 6.65. The molecule has 1 N–H and O–H groups in total. The number of tetrazole rings is 1. The summed E-state index contributed by atoms with van der Waals surface area (Å²) < 4.78 is 15.4. The molecule has 0 fully saturated rings. The van der Waals surface area contributed by atoms with Gasteiger partial charge in [-0.1, -0.05) is 30.3 Å². The molecule has 0 bridgehead atoms. The first-order valence-corrected chi connectivity index (χ1v) is 9.36. The van der Waals surface area contributed by atoms with Gasteiger partial charge in [0.25, 0.3) is 0 Å². The SMILES string of the molecule is O=C(CCC(=O)N1CCC(c2ccccc2)=N1)Nc1cc(-n2cnnn2)ccc1F. The third kappa shape index (κ3) is 4.37. The lowest BCUT2D eigenvalue weighted by Crippen LogP contribution is -2.25. The third-order valence-corrected chi connectivity index (χ3v) is 4.60. The largest absolute Gasteiger partial charge is 0.324 e. The molecule has 2 amide bonds. The van der Waals surface area contributed by atoms with Gasteiger partial charge in [-0.3, -0.25) is 9.59 Å². The number of hydrogen-bond acceptors (Lipinski definition) is 6. The number of carbonyl (C=O) groups is 2. The fourth-order valence-electron chi connectivity index (χ4n) is 3.06. The summed E-state index contributed by atoms with van der Waals surface area (Å²) in [6.45, 7) is 0.479.